The molecular weight excluding hydrogens is 254 g/mol. The van der Waals surface area contributed by atoms with Crippen molar-refractivity contribution in [1.29, 1.82) is 5.26 Å². The van der Waals surface area contributed by atoms with Gasteiger partial charge in [0, 0.05) is 19.0 Å². The topological polar surface area (TPSA) is 39.9 Å². The Hall–Kier alpha value is -1.44. The minimum Gasteiger partial charge on any atom is -0.288 e. The first-order valence-electron chi connectivity index (χ1n) is 6.77. The largest absolute Gasteiger partial charge is 0.288 e. The van der Waals surface area contributed by atoms with Gasteiger partial charge >= 0.3 is 0 Å². The van der Waals surface area contributed by atoms with Gasteiger partial charge in [0.2, 0.25) is 0 Å². The van der Waals surface area contributed by atoms with Crippen LogP contribution >= 0.6 is 11.3 Å². The second-order valence-electron chi connectivity index (χ2n) is 5.14. The van der Waals surface area contributed by atoms with Crippen molar-refractivity contribution < 1.29 is 0 Å². The molecule has 0 radical (unpaired) electrons. The molecule has 1 fully saturated rings. The summed E-state index contributed by atoms with van der Waals surface area (Å²) in [5, 5.41) is 10.2. The van der Waals surface area contributed by atoms with Crippen molar-refractivity contribution in [1.82, 2.24) is 9.88 Å². The van der Waals surface area contributed by atoms with E-state index in [2.05, 4.69) is 29.2 Å². The summed E-state index contributed by atoms with van der Waals surface area (Å²) in [6, 6.07) is 10.7. The molecule has 19 heavy (non-hydrogen) atoms. The summed E-state index contributed by atoms with van der Waals surface area (Å²) < 4.78 is 1.28. The molecule has 2 aromatic rings. The number of aromatic nitrogens is 1. The quantitative estimate of drug-likeness (QED) is 0.840. The van der Waals surface area contributed by atoms with E-state index in [1.165, 1.54) is 9.71 Å². The van der Waals surface area contributed by atoms with Gasteiger partial charge in [0.25, 0.3) is 0 Å². The fraction of sp³-hybridized carbons (Fsp3) is 0.467. The number of fused-ring (bicyclic) bond motifs is 1. The lowest BCUT2D eigenvalue weighted by Gasteiger charge is -2.32. The van der Waals surface area contributed by atoms with Crippen LogP contribution in [0.2, 0.25) is 0 Å². The van der Waals surface area contributed by atoms with Crippen LogP contribution in [0.1, 0.15) is 30.7 Å². The second-order valence-corrected chi connectivity index (χ2v) is 6.20. The molecule has 0 bridgehead atoms. The number of nitrogens with zero attached hydrogens (tertiary/aromatic N) is 3. The first kappa shape index (κ1) is 12.6. The van der Waals surface area contributed by atoms with Crippen LogP contribution in [0.15, 0.2) is 24.3 Å². The lowest BCUT2D eigenvalue weighted by Crippen LogP contribution is -2.38. The van der Waals surface area contributed by atoms with Crippen LogP contribution in [0.4, 0.5) is 0 Å². The summed E-state index contributed by atoms with van der Waals surface area (Å²) >= 11 is 1.82. The highest BCUT2D eigenvalue weighted by Gasteiger charge is 2.25. The summed E-state index contributed by atoms with van der Waals surface area (Å²) in [5.41, 5.74) is 1.12. The van der Waals surface area contributed by atoms with Gasteiger partial charge in [0.15, 0.2) is 0 Å². The van der Waals surface area contributed by atoms with E-state index in [9.17, 15) is 0 Å². The number of thiazole rings is 1. The third-order valence-electron chi connectivity index (χ3n) is 3.92. The van der Waals surface area contributed by atoms with Gasteiger partial charge in [-0.1, -0.05) is 12.1 Å². The Morgan fingerprint density at radius 1 is 1.37 bits per heavy atom. The molecule has 0 unspecified atom stereocenters. The molecule has 1 atom stereocenters. The van der Waals surface area contributed by atoms with Gasteiger partial charge in [0.05, 0.1) is 27.3 Å². The van der Waals surface area contributed by atoms with Crippen LogP contribution in [0.3, 0.4) is 0 Å². The van der Waals surface area contributed by atoms with Gasteiger partial charge in [-0.3, -0.25) is 4.90 Å². The van der Waals surface area contributed by atoms with Crippen molar-refractivity contribution in [3.8, 4) is 6.07 Å². The summed E-state index contributed by atoms with van der Waals surface area (Å²) in [4.78, 5) is 7.03. The minimum absolute atomic E-state index is 0.0383. The molecule has 98 valence electrons. The van der Waals surface area contributed by atoms with E-state index in [4.69, 9.17) is 10.2 Å². The average Bonchev–Trinajstić information content (AvgIpc) is 2.90. The maximum atomic E-state index is 8.96. The Bertz CT molecular complexity index is 572. The molecule has 1 saturated heterocycles. The Balaban J connectivity index is 1.73. The monoisotopic (exact) mass is 271 g/mol. The van der Waals surface area contributed by atoms with Crippen molar-refractivity contribution in [2.45, 2.75) is 31.7 Å². The standard InChI is InChI=1S/C15H17N3S/c1-11(10-16)18-8-6-12(7-9-18)15-17-13-4-2-3-5-14(13)19-15/h2-5,11-12H,6-9H2,1H3/t11-/m1/s1. The SMILES string of the molecule is C[C@H](C#N)N1CCC(c2nc3ccccc3s2)CC1. The maximum Gasteiger partial charge on any atom is 0.0970 e. The van der Waals surface area contributed by atoms with Crippen molar-refractivity contribution in [2.75, 3.05) is 13.1 Å². The predicted molar refractivity (Wildman–Crippen MR) is 78.2 cm³/mol. The zero-order chi connectivity index (χ0) is 13.2. The Kier molecular flexibility index (Phi) is 3.50. The minimum atomic E-state index is 0.0383. The van der Waals surface area contributed by atoms with Gasteiger partial charge in [-0.2, -0.15) is 5.26 Å². The van der Waals surface area contributed by atoms with Gasteiger partial charge in [-0.15, -0.1) is 11.3 Å². The molecule has 1 aliphatic rings. The Morgan fingerprint density at radius 3 is 2.79 bits per heavy atom. The average molecular weight is 271 g/mol. The number of likely N-dealkylation sites (tertiary alicyclic amines) is 1. The third-order valence-corrected chi connectivity index (χ3v) is 5.12. The highest BCUT2D eigenvalue weighted by atomic mass is 32.1. The highest BCUT2D eigenvalue weighted by Crippen LogP contribution is 2.34. The summed E-state index contributed by atoms with van der Waals surface area (Å²) in [6.07, 6.45) is 2.23. The van der Waals surface area contributed by atoms with E-state index in [0.717, 1.165) is 31.4 Å². The first-order chi connectivity index (χ1) is 9.28. The van der Waals surface area contributed by atoms with Gasteiger partial charge in [-0.25, -0.2) is 4.98 Å². The van der Waals surface area contributed by atoms with Crippen LogP contribution in [-0.2, 0) is 0 Å². The van der Waals surface area contributed by atoms with Crippen molar-refractivity contribution in [3.05, 3.63) is 29.3 Å². The summed E-state index contributed by atoms with van der Waals surface area (Å²) in [7, 11) is 0. The summed E-state index contributed by atoms with van der Waals surface area (Å²) in [5.74, 6) is 0.569. The van der Waals surface area contributed by atoms with Crippen molar-refractivity contribution in [3.63, 3.8) is 0 Å². The molecule has 1 aromatic heterocycles. The van der Waals surface area contributed by atoms with Gasteiger partial charge in [0.1, 0.15) is 0 Å². The van der Waals surface area contributed by atoms with Gasteiger partial charge in [-0.05, 0) is 31.9 Å². The molecule has 0 saturated carbocycles. The predicted octanol–water partition coefficient (Wildman–Crippen LogP) is 3.39. The van der Waals surface area contributed by atoms with Crippen LogP contribution in [0.25, 0.3) is 10.2 Å². The Morgan fingerprint density at radius 2 is 2.11 bits per heavy atom. The second kappa shape index (κ2) is 5.28. The molecule has 3 nitrogen and oxygen atoms in total. The molecule has 0 amide bonds. The lowest BCUT2D eigenvalue weighted by molar-refractivity contribution is 0.190. The molecule has 1 aliphatic heterocycles. The molecule has 3 rings (SSSR count). The lowest BCUT2D eigenvalue weighted by atomic mass is 9.97. The van der Waals surface area contributed by atoms with E-state index >= 15 is 0 Å². The number of benzene rings is 1. The van der Waals surface area contributed by atoms with E-state index in [1.54, 1.807) is 0 Å². The first-order valence-corrected chi connectivity index (χ1v) is 7.58. The number of piperidine rings is 1. The number of rotatable bonds is 2. The molecule has 0 N–H and O–H groups in total. The molecule has 4 heteroatoms. The molecule has 0 spiro atoms. The number of hydrogen-bond acceptors (Lipinski definition) is 4. The molecule has 0 aliphatic carbocycles. The number of para-hydroxylation sites is 1. The zero-order valence-electron chi connectivity index (χ0n) is 11.0. The van der Waals surface area contributed by atoms with E-state index in [0.29, 0.717) is 5.92 Å². The van der Waals surface area contributed by atoms with Crippen molar-refractivity contribution in [2.24, 2.45) is 0 Å². The zero-order valence-corrected chi connectivity index (χ0v) is 11.9. The van der Waals surface area contributed by atoms with Crippen LogP contribution < -0.4 is 0 Å². The maximum absolute atomic E-state index is 8.96. The van der Waals surface area contributed by atoms with E-state index < -0.39 is 0 Å². The number of hydrogen-bond donors (Lipinski definition) is 0. The van der Waals surface area contributed by atoms with E-state index in [-0.39, 0.29) is 6.04 Å². The third kappa shape index (κ3) is 2.49. The van der Waals surface area contributed by atoms with Gasteiger partial charge < -0.3 is 0 Å². The van der Waals surface area contributed by atoms with Crippen LogP contribution in [0.5, 0.6) is 0 Å². The molecule has 2 heterocycles. The fourth-order valence-corrected chi connectivity index (χ4v) is 3.82. The van der Waals surface area contributed by atoms with Crippen molar-refractivity contribution >= 4 is 21.6 Å². The number of nitriles is 1. The highest BCUT2D eigenvalue weighted by molar-refractivity contribution is 7.18. The fourth-order valence-electron chi connectivity index (χ4n) is 2.68. The normalized spacial score (nSPS) is 19.4. The molecule has 1 aromatic carbocycles. The Labute approximate surface area is 117 Å². The van der Waals surface area contributed by atoms with Crippen LogP contribution in [-0.4, -0.2) is 29.0 Å². The molecular formula is C15H17N3S. The summed E-state index contributed by atoms with van der Waals surface area (Å²) in [6.45, 7) is 4.00. The van der Waals surface area contributed by atoms with Crippen LogP contribution in [0, 0.1) is 11.3 Å². The smallest absolute Gasteiger partial charge is 0.0970 e. The van der Waals surface area contributed by atoms with E-state index in [1.807, 2.05) is 24.3 Å².